The van der Waals surface area contributed by atoms with Crippen molar-refractivity contribution in [1.82, 2.24) is 20.0 Å². The average Bonchev–Trinajstić information content (AvgIpc) is 3.34. The molecule has 152 valence electrons. The molecule has 0 aliphatic heterocycles. The zero-order valence-electron chi connectivity index (χ0n) is 16.7. The van der Waals surface area contributed by atoms with Gasteiger partial charge in [0.15, 0.2) is 6.10 Å². The minimum absolute atomic E-state index is 0.182. The molecule has 8 heteroatoms. The van der Waals surface area contributed by atoms with E-state index in [4.69, 9.17) is 20.8 Å². The second kappa shape index (κ2) is 8.12. The molecule has 0 fully saturated rings. The highest BCUT2D eigenvalue weighted by atomic mass is 35.5. The molecule has 0 radical (unpaired) electrons. The predicted octanol–water partition coefficient (Wildman–Crippen LogP) is 5.11. The maximum Gasteiger partial charge on any atom is 0.344 e. The molecular weight excluding hydrogens is 404 g/mol. The van der Waals surface area contributed by atoms with Gasteiger partial charge >= 0.3 is 5.97 Å². The fraction of sp³-hybridized carbons (Fsp3) is 0.182. The lowest BCUT2D eigenvalue weighted by Gasteiger charge is -2.09. The van der Waals surface area contributed by atoms with E-state index < -0.39 is 12.1 Å². The summed E-state index contributed by atoms with van der Waals surface area (Å²) < 4.78 is 12.7. The molecular formula is C22H19ClN4O3. The van der Waals surface area contributed by atoms with Crippen LogP contribution >= 0.6 is 11.6 Å². The van der Waals surface area contributed by atoms with E-state index in [1.54, 1.807) is 13.8 Å². The summed E-state index contributed by atoms with van der Waals surface area (Å²) >= 11 is 6.43. The normalized spacial score (nSPS) is 12.0. The van der Waals surface area contributed by atoms with Crippen molar-refractivity contribution in [2.75, 3.05) is 0 Å². The molecule has 2 heterocycles. The third-order valence-corrected chi connectivity index (χ3v) is 4.93. The summed E-state index contributed by atoms with van der Waals surface area (Å²) in [7, 11) is 0. The molecule has 0 amide bonds. The van der Waals surface area contributed by atoms with Crippen molar-refractivity contribution >= 4 is 17.6 Å². The van der Waals surface area contributed by atoms with Gasteiger partial charge in [-0.1, -0.05) is 47.5 Å². The smallest absolute Gasteiger partial charge is 0.344 e. The number of hydrogen-bond donors (Lipinski definition) is 0. The first-order valence-electron chi connectivity index (χ1n) is 9.36. The van der Waals surface area contributed by atoms with Crippen LogP contribution in [0.2, 0.25) is 5.15 Å². The highest BCUT2D eigenvalue weighted by Gasteiger charge is 2.26. The van der Waals surface area contributed by atoms with Crippen LogP contribution in [0.3, 0.4) is 0 Å². The highest BCUT2D eigenvalue weighted by molar-refractivity contribution is 6.33. The Morgan fingerprint density at radius 1 is 1.07 bits per heavy atom. The molecule has 0 spiro atoms. The molecule has 7 nitrogen and oxygen atoms in total. The third-order valence-electron chi connectivity index (χ3n) is 4.58. The number of rotatable bonds is 5. The summed E-state index contributed by atoms with van der Waals surface area (Å²) in [5.74, 6) is -0.0515. The van der Waals surface area contributed by atoms with E-state index in [1.807, 2.05) is 61.5 Å². The minimum atomic E-state index is -0.750. The molecule has 0 aliphatic rings. The van der Waals surface area contributed by atoms with Crippen LogP contribution < -0.4 is 0 Å². The fourth-order valence-electron chi connectivity index (χ4n) is 2.95. The van der Waals surface area contributed by atoms with Crippen molar-refractivity contribution in [2.45, 2.75) is 26.9 Å². The van der Waals surface area contributed by atoms with Gasteiger partial charge in [0, 0.05) is 5.56 Å². The summed E-state index contributed by atoms with van der Waals surface area (Å²) in [6.07, 6.45) is -0.750. The molecule has 4 aromatic rings. The van der Waals surface area contributed by atoms with Gasteiger partial charge in [0.2, 0.25) is 5.89 Å². The summed E-state index contributed by atoms with van der Waals surface area (Å²) in [6, 6.07) is 17.0. The van der Waals surface area contributed by atoms with Gasteiger partial charge in [0.25, 0.3) is 5.89 Å². The van der Waals surface area contributed by atoms with Gasteiger partial charge in [-0.2, -0.15) is 5.10 Å². The lowest BCUT2D eigenvalue weighted by Crippen LogP contribution is -2.10. The van der Waals surface area contributed by atoms with Crippen molar-refractivity contribution in [3.8, 4) is 17.1 Å². The first-order valence-corrected chi connectivity index (χ1v) is 9.74. The number of carbonyl (C=O) groups excluding carboxylic acids is 1. The number of carbonyl (C=O) groups is 1. The Balaban J connectivity index is 1.53. The van der Waals surface area contributed by atoms with Crippen molar-refractivity contribution in [2.24, 2.45) is 0 Å². The van der Waals surface area contributed by atoms with Crippen LogP contribution in [0, 0.1) is 13.8 Å². The topological polar surface area (TPSA) is 83.0 Å². The number of nitrogens with zero attached hydrogens (tertiary/aromatic N) is 4. The van der Waals surface area contributed by atoms with Gasteiger partial charge in [0.05, 0.1) is 11.4 Å². The van der Waals surface area contributed by atoms with Crippen LogP contribution in [0.1, 0.15) is 40.5 Å². The third kappa shape index (κ3) is 3.84. The standard InChI is InChI=1S/C22H19ClN4O3/c1-13-9-11-16(12-10-13)21-25-24-20(30-21)15(3)29-22(28)18-14(2)26-27(19(18)23)17-7-5-4-6-8-17/h4-12,15H,1-3H3. The summed E-state index contributed by atoms with van der Waals surface area (Å²) in [5.41, 5.74) is 3.33. The molecule has 1 unspecified atom stereocenters. The summed E-state index contributed by atoms with van der Waals surface area (Å²) in [6.45, 7) is 5.36. The van der Waals surface area contributed by atoms with Crippen molar-refractivity contribution in [3.63, 3.8) is 0 Å². The second-order valence-electron chi connectivity index (χ2n) is 6.86. The Hall–Kier alpha value is -3.45. The summed E-state index contributed by atoms with van der Waals surface area (Å²) in [4.78, 5) is 12.8. The van der Waals surface area contributed by atoms with Crippen molar-refractivity contribution in [3.05, 3.63) is 82.5 Å². The number of halogens is 1. The largest absolute Gasteiger partial charge is 0.449 e. The van der Waals surface area contributed by atoms with Gasteiger partial charge in [-0.25, -0.2) is 9.48 Å². The van der Waals surface area contributed by atoms with E-state index in [1.165, 1.54) is 4.68 Å². The van der Waals surface area contributed by atoms with E-state index in [2.05, 4.69) is 15.3 Å². The second-order valence-corrected chi connectivity index (χ2v) is 7.22. The Morgan fingerprint density at radius 2 is 1.77 bits per heavy atom. The fourth-order valence-corrected chi connectivity index (χ4v) is 3.30. The molecule has 0 N–H and O–H groups in total. The number of hydrogen-bond acceptors (Lipinski definition) is 6. The van der Waals surface area contributed by atoms with Gasteiger partial charge in [0.1, 0.15) is 10.7 Å². The number of para-hydroxylation sites is 1. The molecule has 1 atom stereocenters. The average molecular weight is 423 g/mol. The number of esters is 1. The predicted molar refractivity (Wildman–Crippen MR) is 112 cm³/mol. The molecule has 0 saturated carbocycles. The first kappa shape index (κ1) is 19.8. The summed E-state index contributed by atoms with van der Waals surface area (Å²) in [5, 5.41) is 12.6. The van der Waals surface area contributed by atoms with Crippen molar-refractivity contribution < 1.29 is 13.9 Å². The monoisotopic (exact) mass is 422 g/mol. The lowest BCUT2D eigenvalue weighted by molar-refractivity contribution is 0.0279. The minimum Gasteiger partial charge on any atom is -0.449 e. The van der Waals surface area contributed by atoms with E-state index in [9.17, 15) is 4.79 Å². The molecule has 2 aromatic carbocycles. The number of ether oxygens (including phenoxy) is 1. The van der Waals surface area contributed by atoms with Crippen LogP contribution in [-0.4, -0.2) is 25.9 Å². The van der Waals surface area contributed by atoms with Gasteiger partial charge in [-0.05, 0) is 45.0 Å². The van der Waals surface area contributed by atoms with E-state index in [0.717, 1.165) is 16.8 Å². The number of benzene rings is 2. The Bertz CT molecular complexity index is 1180. The Labute approximate surface area is 178 Å². The van der Waals surface area contributed by atoms with Crippen LogP contribution in [0.25, 0.3) is 17.1 Å². The number of aromatic nitrogens is 4. The van der Waals surface area contributed by atoms with Crippen LogP contribution in [-0.2, 0) is 4.74 Å². The van der Waals surface area contributed by atoms with Gasteiger partial charge in [-0.3, -0.25) is 0 Å². The van der Waals surface area contributed by atoms with Gasteiger partial charge < -0.3 is 9.15 Å². The molecule has 4 rings (SSSR count). The van der Waals surface area contributed by atoms with Crippen LogP contribution in [0.4, 0.5) is 0 Å². The zero-order chi connectivity index (χ0) is 21.3. The van der Waals surface area contributed by atoms with Crippen molar-refractivity contribution in [1.29, 1.82) is 0 Å². The highest BCUT2D eigenvalue weighted by Crippen LogP contribution is 2.27. The maximum absolute atomic E-state index is 12.8. The zero-order valence-corrected chi connectivity index (χ0v) is 17.4. The maximum atomic E-state index is 12.8. The first-order chi connectivity index (χ1) is 14.4. The molecule has 0 aliphatic carbocycles. The molecule has 30 heavy (non-hydrogen) atoms. The van der Waals surface area contributed by atoms with Crippen LogP contribution in [0.5, 0.6) is 0 Å². The Kier molecular flexibility index (Phi) is 5.37. The van der Waals surface area contributed by atoms with E-state index >= 15 is 0 Å². The van der Waals surface area contributed by atoms with E-state index in [0.29, 0.717) is 11.6 Å². The lowest BCUT2D eigenvalue weighted by atomic mass is 10.1. The van der Waals surface area contributed by atoms with E-state index in [-0.39, 0.29) is 16.6 Å². The Morgan fingerprint density at radius 3 is 2.47 bits per heavy atom. The molecule has 2 aromatic heterocycles. The SMILES string of the molecule is Cc1ccc(-c2nnc(C(C)OC(=O)c3c(C)nn(-c4ccccc4)c3Cl)o2)cc1. The molecule has 0 bridgehead atoms. The quantitative estimate of drug-likeness (QED) is 0.415. The number of aryl methyl sites for hydroxylation is 2. The van der Waals surface area contributed by atoms with Gasteiger partial charge in [-0.15, -0.1) is 10.2 Å². The molecule has 0 saturated heterocycles. The van der Waals surface area contributed by atoms with Crippen LogP contribution in [0.15, 0.2) is 59.0 Å².